The summed E-state index contributed by atoms with van der Waals surface area (Å²) < 4.78 is 10.7. The molecule has 0 aliphatic carbocycles. The van der Waals surface area contributed by atoms with E-state index < -0.39 is 0 Å². The van der Waals surface area contributed by atoms with E-state index >= 15 is 0 Å². The molecule has 5 nitrogen and oxygen atoms in total. The van der Waals surface area contributed by atoms with Crippen molar-refractivity contribution < 1.29 is 14.1 Å². The van der Waals surface area contributed by atoms with Gasteiger partial charge < -0.3 is 14.2 Å². The van der Waals surface area contributed by atoms with Gasteiger partial charge >= 0.3 is 0 Å². The third-order valence-electron chi connectivity index (χ3n) is 3.73. The fourth-order valence-electron chi connectivity index (χ4n) is 2.65. The molecule has 3 rings (SSSR count). The van der Waals surface area contributed by atoms with Crippen molar-refractivity contribution >= 4 is 17.5 Å². The molecule has 1 aliphatic rings. The Balaban J connectivity index is 1.68. The van der Waals surface area contributed by atoms with Crippen LogP contribution in [0.5, 0.6) is 5.75 Å². The van der Waals surface area contributed by atoms with Crippen LogP contribution in [0.2, 0.25) is 5.02 Å². The number of hydrogen-bond acceptors (Lipinski definition) is 4. The first-order valence-electron chi connectivity index (χ1n) is 7.11. The highest BCUT2D eigenvalue weighted by Crippen LogP contribution is 2.30. The topological polar surface area (TPSA) is 55.6 Å². The van der Waals surface area contributed by atoms with Gasteiger partial charge in [0.2, 0.25) is 5.91 Å². The molecular formula is C16H17ClN2O3. The standard InChI is InChI=1S/C16H17ClN2O3/c1-10-5-14(18-22-10)8-19(2)16(20)12-6-11-7-13(17)3-4-15(11)21-9-12/h3-5,7,12H,6,8-9H2,1-2H3. The predicted octanol–water partition coefficient (Wildman–Crippen LogP) is 2.85. The smallest absolute Gasteiger partial charge is 0.229 e. The van der Waals surface area contributed by atoms with Crippen molar-refractivity contribution in [3.05, 3.63) is 46.3 Å². The van der Waals surface area contributed by atoms with Crippen LogP contribution >= 0.6 is 11.6 Å². The predicted molar refractivity (Wildman–Crippen MR) is 81.9 cm³/mol. The molecule has 0 N–H and O–H groups in total. The third-order valence-corrected chi connectivity index (χ3v) is 3.97. The van der Waals surface area contributed by atoms with Crippen LogP contribution in [0.4, 0.5) is 0 Å². The first kappa shape index (κ1) is 14.9. The van der Waals surface area contributed by atoms with Crippen molar-refractivity contribution in [3.8, 4) is 5.75 Å². The summed E-state index contributed by atoms with van der Waals surface area (Å²) in [6, 6.07) is 7.33. The fraction of sp³-hybridized carbons (Fsp3) is 0.375. The van der Waals surface area contributed by atoms with Gasteiger partial charge in [-0.2, -0.15) is 0 Å². The lowest BCUT2D eigenvalue weighted by atomic mass is 9.95. The second-order valence-electron chi connectivity index (χ2n) is 5.59. The molecule has 2 aromatic rings. The number of aromatic nitrogens is 1. The highest BCUT2D eigenvalue weighted by atomic mass is 35.5. The van der Waals surface area contributed by atoms with E-state index in [1.54, 1.807) is 18.0 Å². The lowest BCUT2D eigenvalue weighted by Crippen LogP contribution is -2.38. The number of fused-ring (bicyclic) bond motifs is 1. The number of aryl methyl sites for hydroxylation is 1. The van der Waals surface area contributed by atoms with Crippen LogP contribution in [0.3, 0.4) is 0 Å². The van der Waals surface area contributed by atoms with Crippen molar-refractivity contribution in [1.29, 1.82) is 0 Å². The summed E-state index contributed by atoms with van der Waals surface area (Å²) in [6.45, 7) is 2.64. The highest BCUT2D eigenvalue weighted by molar-refractivity contribution is 6.30. The second-order valence-corrected chi connectivity index (χ2v) is 6.02. The summed E-state index contributed by atoms with van der Waals surface area (Å²) in [6.07, 6.45) is 0.636. The molecule has 1 aromatic carbocycles. The Bertz CT molecular complexity index is 698. The fourth-order valence-corrected chi connectivity index (χ4v) is 2.84. The summed E-state index contributed by atoms with van der Waals surface area (Å²) in [5.41, 5.74) is 1.72. The molecule has 6 heteroatoms. The lowest BCUT2D eigenvalue weighted by Gasteiger charge is -2.28. The number of nitrogens with zero attached hydrogens (tertiary/aromatic N) is 2. The van der Waals surface area contributed by atoms with Gasteiger partial charge in [-0.3, -0.25) is 4.79 Å². The molecule has 1 unspecified atom stereocenters. The van der Waals surface area contributed by atoms with Crippen molar-refractivity contribution in [2.45, 2.75) is 19.9 Å². The molecule has 0 saturated carbocycles. The van der Waals surface area contributed by atoms with Gasteiger partial charge in [0.1, 0.15) is 23.8 Å². The first-order valence-corrected chi connectivity index (χ1v) is 7.49. The van der Waals surface area contributed by atoms with Crippen molar-refractivity contribution in [2.24, 2.45) is 5.92 Å². The molecule has 0 radical (unpaired) electrons. The Morgan fingerprint density at radius 1 is 1.45 bits per heavy atom. The summed E-state index contributed by atoms with van der Waals surface area (Å²) >= 11 is 6.01. The van der Waals surface area contributed by atoms with Crippen molar-refractivity contribution in [2.75, 3.05) is 13.7 Å². The number of carbonyl (C=O) groups excluding carboxylic acids is 1. The third kappa shape index (κ3) is 3.09. The van der Waals surface area contributed by atoms with Gasteiger partial charge in [0.25, 0.3) is 0 Å². The minimum absolute atomic E-state index is 0.0336. The Morgan fingerprint density at radius 3 is 3.00 bits per heavy atom. The van der Waals surface area contributed by atoms with Crippen molar-refractivity contribution in [1.82, 2.24) is 10.1 Å². The van der Waals surface area contributed by atoms with E-state index in [1.165, 1.54) is 0 Å². The van der Waals surface area contributed by atoms with E-state index in [1.807, 2.05) is 25.1 Å². The van der Waals surface area contributed by atoms with E-state index in [0.29, 0.717) is 24.6 Å². The van der Waals surface area contributed by atoms with E-state index in [-0.39, 0.29) is 11.8 Å². The maximum absolute atomic E-state index is 12.6. The molecule has 0 saturated heterocycles. The summed E-state index contributed by atoms with van der Waals surface area (Å²) in [5, 5.41) is 4.57. The number of amides is 1. The van der Waals surface area contributed by atoms with Crippen LogP contribution in [0, 0.1) is 12.8 Å². The molecule has 0 fully saturated rings. The Kier molecular flexibility index (Phi) is 4.07. The van der Waals surface area contributed by atoms with Gasteiger partial charge in [-0.15, -0.1) is 0 Å². The molecule has 1 amide bonds. The molecule has 1 aliphatic heterocycles. The van der Waals surface area contributed by atoms with Crippen LogP contribution in [0.25, 0.3) is 0 Å². The van der Waals surface area contributed by atoms with Crippen LogP contribution in [0.15, 0.2) is 28.8 Å². The zero-order valence-corrected chi connectivity index (χ0v) is 13.3. The first-order chi connectivity index (χ1) is 10.5. The van der Waals surface area contributed by atoms with E-state index in [4.69, 9.17) is 20.9 Å². The van der Waals surface area contributed by atoms with Crippen LogP contribution < -0.4 is 4.74 Å². The van der Waals surface area contributed by atoms with Crippen LogP contribution in [-0.4, -0.2) is 29.6 Å². The van der Waals surface area contributed by atoms with Gasteiger partial charge in [0.15, 0.2) is 0 Å². The van der Waals surface area contributed by atoms with Gasteiger partial charge in [0, 0.05) is 18.1 Å². The Morgan fingerprint density at radius 2 is 2.27 bits per heavy atom. The largest absolute Gasteiger partial charge is 0.492 e. The molecule has 116 valence electrons. The number of carbonyl (C=O) groups is 1. The number of hydrogen-bond donors (Lipinski definition) is 0. The molecule has 2 heterocycles. The van der Waals surface area contributed by atoms with Gasteiger partial charge in [-0.25, -0.2) is 0 Å². The minimum Gasteiger partial charge on any atom is -0.492 e. The number of halogens is 1. The molecule has 22 heavy (non-hydrogen) atoms. The summed E-state index contributed by atoms with van der Waals surface area (Å²) in [4.78, 5) is 14.2. The van der Waals surface area contributed by atoms with Crippen molar-refractivity contribution in [3.63, 3.8) is 0 Å². The molecule has 0 bridgehead atoms. The molecule has 1 aromatic heterocycles. The second kappa shape index (κ2) is 6.01. The Labute approximate surface area is 133 Å². The zero-order chi connectivity index (χ0) is 15.7. The number of ether oxygens (including phenoxy) is 1. The van der Waals surface area contributed by atoms with Gasteiger partial charge in [0.05, 0.1) is 12.5 Å². The van der Waals surface area contributed by atoms with Crippen LogP contribution in [-0.2, 0) is 17.8 Å². The number of rotatable bonds is 3. The normalized spacial score (nSPS) is 16.8. The molecule has 1 atom stereocenters. The van der Waals surface area contributed by atoms with Crippen LogP contribution in [0.1, 0.15) is 17.0 Å². The summed E-state index contributed by atoms with van der Waals surface area (Å²) in [5.74, 6) is 1.37. The minimum atomic E-state index is -0.205. The van der Waals surface area contributed by atoms with Gasteiger partial charge in [-0.05, 0) is 37.1 Å². The quantitative estimate of drug-likeness (QED) is 0.872. The summed E-state index contributed by atoms with van der Waals surface area (Å²) in [7, 11) is 1.76. The average Bonchev–Trinajstić information content (AvgIpc) is 2.90. The highest BCUT2D eigenvalue weighted by Gasteiger charge is 2.28. The average molecular weight is 321 g/mol. The SMILES string of the molecule is Cc1cc(CN(C)C(=O)C2COc3ccc(Cl)cc3C2)no1. The molecule has 0 spiro atoms. The van der Waals surface area contributed by atoms with E-state index in [9.17, 15) is 4.79 Å². The lowest BCUT2D eigenvalue weighted by molar-refractivity contribution is -0.136. The maximum Gasteiger partial charge on any atom is 0.229 e. The maximum atomic E-state index is 12.6. The molecular weight excluding hydrogens is 304 g/mol. The van der Waals surface area contributed by atoms with E-state index in [0.717, 1.165) is 22.8 Å². The van der Waals surface area contributed by atoms with Gasteiger partial charge in [-0.1, -0.05) is 16.8 Å². The zero-order valence-electron chi connectivity index (χ0n) is 12.5. The Hall–Kier alpha value is -2.01. The monoisotopic (exact) mass is 320 g/mol. The van der Waals surface area contributed by atoms with E-state index in [2.05, 4.69) is 5.16 Å². The number of benzene rings is 1.